The SMILES string of the molecule is CC(=O)C1CCc2oc(=O)n(-c3ccccc3)c2C1. The molecule has 0 saturated heterocycles. The van der Waals surface area contributed by atoms with Crippen LogP contribution < -0.4 is 5.76 Å². The second-order valence-corrected chi connectivity index (χ2v) is 4.96. The average Bonchev–Trinajstić information content (AvgIpc) is 2.74. The second-order valence-electron chi connectivity index (χ2n) is 4.96. The number of carbonyl (C=O) groups is 1. The maximum absolute atomic E-state index is 12.0. The Hall–Kier alpha value is -2.10. The molecule has 1 unspecified atom stereocenters. The van der Waals surface area contributed by atoms with Gasteiger partial charge in [0.15, 0.2) is 0 Å². The predicted molar refractivity (Wildman–Crippen MR) is 70.5 cm³/mol. The summed E-state index contributed by atoms with van der Waals surface area (Å²) in [5, 5.41) is 0. The summed E-state index contributed by atoms with van der Waals surface area (Å²) >= 11 is 0. The van der Waals surface area contributed by atoms with Crippen LogP contribution in [0.1, 0.15) is 24.8 Å². The number of para-hydroxylation sites is 1. The minimum atomic E-state index is -0.361. The highest BCUT2D eigenvalue weighted by atomic mass is 16.4. The lowest BCUT2D eigenvalue weighted by Gasteiger charge is -2.19. The molecule has 1 aromatic heterocycles. The Morgan fingerprint density at radius 2 is 2.05 bits per heavy atom. The lowest BCUT2D eigenvalue weighted by molar-refractivity contribution is -0.121. The third kappa shape index (κ3) is 2.03. The first-order chi connectivity index (χ1) is 9.16. The molecule has 3 rings (SSSR count). The number of aromatic nitrogens is 1. The molecule has 0 saturated carbocycles. The molecule has 1 heterocycles. The van der Waals surface area contributed by atoms with E-state index < -0.39 is 0 Å². The Morgan fingerprint density at radius 1 is 1.32 bits per heavy atom. The third-order valence-corrected chi connectivity index (χ3v) is 3.73. The van der Waals surface area contributed by atoms with E-state index in [4.69, 9.17) is 4.42 Å². The topological polar surface area (TPSA) is 52.2 Å². The van der Waals surface area contributed by atoms with Gasteiger partial charge in [0.25, 0.3) is 0 Å². The smallest absolute Gasteiger partial charge is 0.412 e. The Bertz CT molecular complexity index is 666. The van der Waals surface area contributed by atoms with Gasteiger partial charge in [-0.25, -0.2) is 9.36 Å². The number of aryl methyl sites for hydroxylation is 1. The zero-order valence-corrected chi connectivity index (χ0v) is 10.8. The summed E-state index contributed by atoms with van der Waals surface area (Å²) in [6.45, 7) is 1.61. The van der Waals surface area contributed by atoms with Gasteiger partial charge in [-0.15, -0.1) is 0 Å². The zero-order chi connectivity index (χ0) is 13.4. The van der Waals surface area contributed by atoms with Gasteiger partial charge >= 0.3 is 5.76 Å². The number of Topliss-reactive ketones (excluding diaryl/α,β-unsaturated/α-hetero) is 1. The fourth-order valence-corrected chi connectivity index (χ4v) is 2.67. The predicted octanol–water partition coefficient (Wildman–Crippen LogP) is 2.12. The van der Waals surface area contributed by atoms with Crippen LogP contribution in [-0.4, -0.2) is 10.4 Å². The van der Waals surface area contributed by atoms with Crippen molar-refractivity contribution >= 4 is 5.78 Å². The first kappa shape index (κ1) is 12.0. The van der Waals surface area contributed by atoms with Crippen molar-refractivity contribution in [1.29, 1.82) is 0 Å². The number of benzene rings is 1. The summed E-state index contributed by atoms with van der Waals surface area (Å²) < 4.78 is 6.90. The molecule has 1 aromatic carbocycles. The van der Waals surface area contributed by atoms with Gasteiger partial charge < -0.3 is 4.42 Å². The molecule has 1 aliphatic rings. The van der Waals surface area contributed by atoms with Crippen molar-refractivity contribution in [2.45, 2.75) is 26.2 Å². The van der Waals surface area contributed by atoms with E-state index in [1.54, 1.807) is 11.5 Å². The fraction of sp³-hybridized carbons (Fsp3) is 0.333. The molecule has 98 valence electrons. The number of oxazole rings is 1. The molecule has 0 aliphatic heterocycles. The van der Waals surface area contributed by atoms with Gasteiger partial charge in [-0.05, 0) is 25.5 Å². The molecule has 2 aromatic rings. The summed E-state index contributed by atoms with van der Waals surface area (Å²) in [6.07, 6.45) is 2.02. The third-order valence-electron chi connectivity index (χ3n) is 3.73. The second kappa shape index (κ2) is 4.53. The summed E-state index contributed by atoms with van der Waals surface area (Å²) in [5.74, 6) is 0.546. The summed E-state index contributed by atoms with van der Waals surface area (Å²) in [7, 11) is 0. The van der Waals surface area contributed by atoms with Crippen LogP contribution in [0.4, 0.5) is 0 Å². The monoisotopic (exact) mass is 257 g/mol. The average molecular weight is 257 g/mol. The van der Waals surface area contributed by atoms with E-state index in [9.17, 15) is 9.59 Å². The van der Waals surface area contributed by atoms with Crippen molar-refractivity contribution in [3.05, 3.63) is 52.3 Å². The lowest BCUT2D eigenvalue weighted by Crippen LogP contribution is -2.23. The van der Waals surface area contributed by atoms with E-state index in [0.717, 1.165) is 23.6 Å². The highest BCUT2D eigenvalue weighted by Crippen LogP contribution is 2.27. The van der Waals surface area contributed by atoms with Gasteiger partial charge in [0.2, 0.25) is 0 Å². The molecule has 0 radical (unpaired) electrons. The van der Waals surface area contributed by atoms with Gasteiger partial charge in [0, 0.05) is 18.8 Å². The highest BCUT2D eigenvalue weighted by molar-refractivity contribution is 5.78. The van der Waals surface area contributed by atoms with Crippen LogP contribution in [0.5, 0.6) is 0 Å². The molecular weight excluding hydrogens is 242 g/mol. The van der Waals surface area contributed by atoms with Gasteiger partial charge in [-0.2, -0.15) is 0 Å². The molecule has 4 heteroatoms. The first-order valence-electron chi connectivity index (χ1n) is 6.46. The van der Waals surface area contributed by atoms with Crippen LogP contribution in [0, 0.1) is 5.92 Å². The van der Waals surface area contributed by atoms with Crippen molar-refractivity contribution in [2.75, 3.05) is 0 Å². The molecular formula is C15H15NO3. The van der Waals surface area contributed by atoms with E-state index in [1.807, 2.05) is 30.3 Å². The number of fused-ring (bicyclic) bond motifs is 1. The Morgan fingerprint density at radius 3 is 2.74 bits per heavy atom. The van der Waals surface area contributed by atoms with E-state index in [2.05, 4.69) is 0 Å². The fourth-order valence-electron chi connectivity index (χ4n) is 2.67. The van der Waals surface area contributed by atoms with Crippen LogP contribution in [-0.2, 0) is 17.6 Å². The van der Waals surface area contributed by atoms with Crippen LogP contribution in [0.15, 0.2) is 39.5 Å². The van der Waals surface area contributed by atoms with Crippen LogP contribution in [0.2, 0.25) is 0 Å². The number of carbonyl (C=O) groups excluding carboxylic acids is 1. The summed E-state index contributed by atoms with van der Waals surface area (Å²) in [4.78, 5) is 23.5. The number of nitrogens with zero attached hydrogens (tertiary/aromatic N) is 1. The molecule has 1 aliphatic carbocycles. The Balaban J connectivity index is 2.10. The molecule has 1 atom stereocenters. The van der Waals surface area contributed by atoms with Gasteiger partial charge in [-0.3, -0.25) is 4.79 Å². The minimum Gasteiger partial charge on any atom is -0.412 e. The van der Waals surface area contributed by atoms with E-state index in [0.29, 0.717) is 12.8 Å². The quantitative estimate of drug-likeness (QED) is 0.828. The molecule has 0 amide bonds. The van der Waals surface area contributed by atoms with Crippen molar-refractivity contribution in [2.24, 2.45) is 5.92 Å². The largest absolute Gasteiger partial charge is 0.424 e. The standard InChI is InChI=1S/C15H15NO3/c1-10(17)11-7-8-14-13(9-11)16(15(18)19-14)12-5-3-2-4-6-12/h2-6,11H,7-9H2,1H3. The first-order valence-corrected chi connectivity index (χ1v) is 6.46. The number of rotatable bonds is 2. The van der Waals surface area contributed by atoms with Crippen molar-refractivity contribution in [1.82, 2.24) is 4.57 Å². The summed E-state index contributed by atoms with van der Waals surface area (Å²) in [6, 6.07) is 9.40. The van der Waals surface area contributed by atoms with Crippen molar-refractivity contribution < 1.29 is 9.21 Å². The molecule has 19 heavy (non-hydrogen) atoms. The van der Waals surface area contributed by atoms with Gasteiger partial charge in [-0.1, -0.05) is 18.2 Å². The molecule has 0 bridgehead atoms. The molecule has 0 N–H and O–H groups in total. The van der Waals surface area contributed by atoms with E-state index in [1.165, 1.54) is 0 Å². The van der Waals surface area contributed by atoms with Crippen molar-refractivity contribution in [3.8, 4) is 5.69 Å². The zero-order valence-electron chi connectivity index (χ0n) is 10.8. The number of ketones is 1. The molecule has 0 spiro atoms. The normalized spacial score (nSPS) is 18.1. The van der Waals surface area contributed by atoms with Crippen LogP contribution in [0.3, 0.4) is 0 Å². The van der Waals surface area contributed by atoms with Crippen LogP contribution >= 0.6 is 0 Å². The Kier molecular flexibility index (Phi) is 2.85. The van der Waals surface area contributed by atoms with Crippen molar-refractivity contribution in [3.63, 3.8) is 0 Å². The Labute approximate surface area is 110 Å². The molecule has 0 fully saturated rings. The van der Waals surface area contributed by atoms with E-state index in [-0.39, 0.29) is 17.5 Å². The number of hydrogen-bond donors (Lipinski definition) is 0. The van der Waals surface area contributed by atoms with E-state index >= 15 is 0 Å². The maximum Gasteiger partial charge on any atom is 0.424 e. The van der Waals surface area contributed by atoms with Crippen LogP contribution in [0.25, 0.3) is 5.69 Å². The minimum absolute atomic E-state index is 0.000498. The van der Waals surface area contributed by atoms with Gasteiger partial charge in [0.05, 0.1) is 11.4 Å². The summed E-state index contributed by atoms with van der Waals surface area (Å²) in [5.41, 5.74) is 1.64. The van der Waals surface area contributed by atoms with Gasteiger partial charge in [0.1, 0.15) is 11.5 Å². The highest BCUT2D eigenvalue weighted by Gasteiger charge is 2.28. The number of hydrogen-bond acceptors (Lipinski definition) is 3. The molecule has 4 nitrogen and oxygen atoms in total. The maximum atomic E-state index is 12.0. The lowest BCUT2D eigenvalue weighted by atomic mass is 9.87.